The van der Waals surface area contributed by atoms with E-state index in [1.165, 1.54) is 0 Å². The maximum Gasteiger partial charge on any atom is 0.212 e. The highest BCUT2D eigenvalue weighted by Crippen LogP contribution is 2.28. The molecular weight excluding hydrogens is 362 g/mol. The average molecular weight is 379 g/mol. The maximum atomic E-state index is 5.33. The van der Waals surface area contributed by atoms with Crippen LogP contribution in [-0.2, 0) is 5.75 Å². The summed E-state index contributed by atoms with van der Waals surface area (Å²) in [5, 5.41) is 13.8. The summed E-state index contributed by atoms with van der Waals surface area (Å²) >= 11 is 1.55. The topological polar surface area (TPSA) is 74.4 Å². The molecule has 1 aromatic carbocycles. The van der Waals surface area contributed by atoms with Gasteiger partial charge in [-0.25, -0.2) is 0 Å². The summed E-state index contributed by atoms with van der Waals surface area (Å²) in [6.45, 7) is 0. The second-order valence-electron chi connectivity index (χ2n) is 5.72. The molecule has 0 N–H and O–H groups in total. The second kappa shape index (κ2) is 7.63. The fraction of sp³-hybridized carbons (Fsp3) is 0.158. The lowest BCUT2D eigenvalue weighted by atomic mass is 10.2. The van der Waals surface area contributed by atoms with Gasteiger partial charge < -0.3 is 9.47 Å². The van der Waals surface area contributed by atoms with Crippen molar-refractivity contribution in [2.24, 2.45) is 0 Å². The summed E-state index contributed by atoms with van der Waals surface area (Å²) in [6.07, 6.45) is 3.53. The van der Waals surface area contributed by atoms with E-state index in [2.05, 4.69) is 20.3 Å². The monoisotopic (exact) mass is 379 g/mol. The molecule has 0 saturated heterocycles. The highest BCUT2D eigenvalue weighted by atomic mass is 32.2. The SMILES string of the molecule is COc1cc(CSc2nnc3ccc(-c4cccnc4)nn23)cc(OC)c1. The number of aromatic nitrogens is 5. The molecule has 0 aliphatic rings. The van der Waals surface area contributed by atoms with Crippen molar-refractivity contribution in [2.45, 2.75) is 10.9 Å². The van der Waals surface area contributed by atoms with Gasteiger partial charge in [0.05, 0.1) is 19.9 Å². The normalized spacial score (nSPS) is 10.9. The van der Waals surface area contributed by atoms with Crippen LogP contribution in [0.15, 0.2) is 60.0 Å². The van der Waals surface area contributed by atoms with Crippen molar-refractivity contribution < 1.29 is 9.47 Å². The molecule has 0 saturated carbocycles. The lowest BCUT2D eigenvalue weighted by Crippen LogP contribution is -1.97. The van der Waals surface area contributed by atoms with E-state index in [0.29, 0.717) is 11.4 Å². The Bertz CT molecular complexity index is 1050. The largest absolute Gasteiger partial charge is 0.497 e. The van der Waals surface area contributed by atoms with Crippen molar-refractivity contribution in [1.29, 1.82) is 0 Å². The molecule has 3 aromatic heterocycles. The fourth-order valence-corrected chi connectivity index (χ4v) is 3.44. The minimum absolute atomic E-state index is 0.688. The molecule has 3 heterocycles. The van der Waals surface area contributed by atoms with E-state index in [1.54, 1.807) is 42.9 Å². The first-order chi connectivity index (χ1) is 13.3. The van der Waals surface area contributed by atoms with Gasteiger partial charge in [0.15, 0.2) is 5.65 Å². The Morgan fingerprint density at radius 2 is 1.81 bits per heavy atom. The zero-order valence-corrected chi connectivity index (χ0v) is 15.7. The number of ether oxygens (including phenoxy) is 2. The van der Waals surface area contributed by atoms with Crippen LogP contribution in [0, 0.1) is 0 Å². The second-order valence-corrected chi connectivity index (χ2v) is 6.66. The van der Waals surface area contributed by atoms with Gasteiger partial charge in [0.1, 0.15) is 11.5 Å². The molecule has 0 bridgehead atoms. The van der Waals surface area contributed by atoms with Crippen molar-refractivity contribution in [3.8, 4) is 22.8 Å². The Kier molecular flexibility index (Phi) is 4.88. The Hall–Kier alpha value is -3.13. The first kappa shape index (κ1) is 17.3. The van der Waals surface area contributed by atoms with Crippen molar-refractivity contribution in [1.82, 2.24) is 24.8 Å². The standard InChI is InChI=1S/C19H17N5O2S/c1-25-15-8-13(9-16(10-15)26-2)12-27-19-22-21-18-6-5-17(23-24(18)19)14-4-3-7-20-11-14/h3-11H,12H2,1-2H3. The molecule has 0 fully saturated rings. The van der Waals surface area contributed by atoms with Crippen LogP contribution in [-0.4, -0.2) is 39.0 Å². The predicted molar refractivity (Wildman–Crippen MR) is 103 cm³/mol. The van der Waals surface area contributed by atoms with E-state index in [0.717, 1.165) is 33.5 Å². The molecular formula is C19H17N5O2S. The Morgan fingerprint density at radius 3 is 2.52 bits per heavy atom. The predicted octanol–water partition coefficient (Wildman–Crippen LogP) is 3.50. The van der Waals surface area contributed by atoms with Crippen molar-refractivity contribution in [3.63, 3.8) is 0 Å². The van der Waals surface area contributed by atoms with Crippen LogP contribution in [0.4, 0.5) is 0 Å². The van der Waals surface area contributed by atoms with Crippen LogP contribution in [0.3, 0.4) is 0 Å². The Balaban J connectivity index is 1.61. The number of nitrogens with zero attached hydrogens (tertiary/aromatic N) is 5. The summed E-state index contributed by atoms with van der Waals surface area (Å²) in [4.78, 5) is 4.15. The number of benzene rings is 1. The van der Waals surface area contributed by atoms with Gasteiger partial charge in [0, 0.05) is 29.8 Å². The number of hydrogen-bond donors (Lipinski definition) is 0. The number of thioether (sulfide) groups is 1. The molecule has 4 rings (SSSR count). The molecule has 0 aliphatic heterocycles. The molecule has 8 heteroatoms. The highest BCUT2D eigenvalue weighted by molar-refractivity contribution is 7.98. The molecule has 136 valence electrons. The van der Waals surface area contributed by atoms with Crippen LogP contribution >= 0.6 is 11.8 Å². The van der Waals surface area contributed by atoms with Gasteiger partial charge >= 0.3 is 0 Å². The first-order valence-corrected chi connectivity index (χ1v) is 9.23. The molecule has 0 amide bonds. The zero-order valence-electron chi connectivity index (χ0n) is 14.9. The van der Waals surface area contributed by atoms with Crippen molar-refractivity contribution in [3.05, 3.63) is 60.4 Å². The van der Waals surface area contributed by atoms with Crippen molar-refractivity contribution in [2.75, 3.05) is 14.2 Å². The third-order valence-corrected chi connectivity index (χ3v) is 4.96. The minimum Gasteiger partial charge on any atom is -0.497 e. The van der Waals surface area contributed by atoms with Crippen LogP contribution in [0.1, 0.15) is 5.56 Å². The number of methoxy groups -OCH3 is 2. The third-order valence-electron chi connectivity index (χ3n) is 3.97. The number of fused-ring (bicyclic) bond motifs is 1. The Labute approximate surface area is 160 Å². The van der Waals surface area contributed by atoms with E-state index in [9.17, 15) is 0 Å². The molecule has 0 aliphatic carbocycles. The summed E-state index contributed by atoms with van der Waals surface area (Å²) in [5.74, 6) is 2.20. The van der Waals surface area contributed by atoms with E-state index in [4.69, 9.17) is 9.47 Å². The van der Waals surface area contributed by atoms with Crippen molar-refractivity contribution >= 4 is 17.4 Å². The Morgan fingerprint density at radius 1 is 1.00 bits per heavy atom. The quantitative estimate of drug-likeness (QED) is 0.475. The fourth-order valence-electron chi connectivity index (χ4n) is 2.63. The number of pyridine rings is 1. The summed E-state index contributed by atoms with van der Waals surface area (Å²) < 4.78 is 12.4. The molecule has 0 spiro atoms. The van der Waals surface area contributed by atoms with Crippen LogP contribution < -0.4 is 9.47 Å². The highest BCUT2D eigenvalue weighted by Gasteiger charge is 2.11. The van der Waals surface area contributed by atoms with Gasteiger partial charge in [-0.2, -0.15) is 9.61 Å². The maximum absolute atomic E-state index is 5.33. The van der Waals surface area contributed by atoms with E-state index >= 15 is 0 Å². The van der Waals surface area contributed by atoms with Gasteiger partial charge in [0.25, 0.3) is 0 Å². The molecule has 4 aromatic rings. The molecule has 7 nitrogen and oxygen atoms in total. The van der Waals surface area contributed by atoms with Gasteiger partial charge in [-0.15, -0.1) is 10.2 Å². The van der Waals surface area contributed by atoms with Crippen LogP contribution in [0.5, 0.6) is 11.5 Å². The molecule has 0 radical (unpaired) electrons. The summed E-state index contributed by atoms with van der Waals surface area (Å²) in [6, 6.07) is 13.5. The van der Waals surface area contributed by atoms with Gasteiger partial charge in [-0.1, -0.05) is 11.8 Å². The third kappa shape index (κ3) is 3.70. The van der Waals surface area contributed by atoms with Gasteiger partial charge in [-0.05, 0) is 42.0 Å². The van der Waals surface area contributed by atoms with Crippen LogP contribution in [0.25, 0.3) is 16.9 Å². The number of rotatable bonds is 6. The lowest BCUT2D eigenvalue weighted by Gasteiger charge is -2.08. The molecule has 0 unspecified atom stereocenters. The lowest BCUT2D eigenvalue weighted by molar-refractivity contribution is 0.393. The van der Waals surface area contributed by atoms with E-state index < -0.39 is 0 Å². The van der Waals surface area contributed by atoms with Gasteiger partial charge in [0.2, 0.25) is 5.16 Å². The zero-order chi connectivity index (χ0) is 18.6. The van der Waals surface area contributed by atoms with Crippen LogP contribution in [0.2, 0.25) is 0 Å². The minimum atomic E-state index is 0.688. The molecule has 0 atom stereocenters. The van der Waals surface area contributed by atoms with E-state index in [-0.39, 0.29) is 0 Å². The molecule has 27 heavy (non-hydrogen) atoms. The van der Waals surface area contributed by atoms with Gasteiger partial charge in [-0.3, -0.25) is 4.98 Å². The summed E-state index contributed by atoms with van der Waals surface area (Å²) in [5.41, 5.74) is 3.53. The average Bonchev–Trinajstić information content (AvgIpc) is 3.14. The van der Waals surface area contributed by atoms with E-state index in [1.807, 2.05) is 42.5 Å². The first-order valence-electron chi connectivity index (χ1n) is 8.24. The smallest absolute Gasteiger partial charge is 0.212 e. The summed E-state index contributed by atoms with van der Waals surface area (Å²) in [7, 11) is 3.28. The number of hydrogen-bond acceptors (Lipinski definition) is 7.